The maximum atomic E-state index is 12.7. The van der Waals surface area contributed by atoms with Crippen LogP contribution in [0, 0.1) is 6.92 Å². The second kappa shape index (κ2) is 6.71. The van der Waals surface area contributed by atoms with Crippen LogP contribution < -0.4 is 9.47 Å². The van der Waals surface area contributed by atoms with Gasteiger partial charge < -0.3 is 19.3 Å². The fourth-order valence-corrected chi connectivity index (χ4v) is 3.31. The largest absolute Gasteiger partial charge is 0.454 e. The number of ether oxygens (including phenoxy) is 2. The highest BCUT2D eigenvalue weighted by molar-refractivity contribution is 5.97. The van der Waals surface area contributed by atoms with E-state index in [-0.39, 0.29) is 18.6 Å². The Kier molecular flexibility index (Phi) is 4.24. The molecule has 0 N–H and O–H groups in total. The van der Waals surface area contributed by atoms with Gasteiger partial charge in [0.05, 0.1) is 0 Å². The van der Waals surface area contributed by atoms with Crippen LogP contribution in [0.15, 0.2) is 42.5 Å². The van der Waals surface area contributed by atoms with Gasteiger partial charge in [-0.25, -0.2) is 0 Å². The standard InChI is InChI=1S/C20H20N2O4/c1-14-4-2-3-5-16(14)20(24)22-10-8-21(9-11-22)19(23)15-6-7-17-18(12-15)26-13-25-17/h2-7,12H,8-11,13H2,1H3. The van der Waals surface area contributed by atoms with Crippen molar-refractivity contribution in [2.75, 3.05) is 33.0 Å². The highest BCUT2D eigenvalue weighted by Gasteiger charge is 2.27. The fourth-order valence-electron chi connectivity index (χ4n) is 3.31. The Labute approximate surface area is 151 Å². The molecule has 0 unspecified atom stereocenters. The number of rotatable bonds is 2. The van der Waals surface area contributed by atoms with E-state index in [0.29, 0.717) is 43.2 Å². The van der Waals surface area contributed by atoms with E-state index in [4.69, 9.17) is 9.47 Å². The first-order valence-electron chi connectivity index (χ1n) is 8.67. The molecule has 0 aromatic heterocycles. The molecule has 0 spiro atoms. The zero-order valence-corrected chi connectivity index (χ0v) is 14.6. The molecule has 0 saturated carbocycles. The maximum Gasteiger partial charge on any atom is 0.254 e. The van der Waals surface area contributed by atoms with Crippen LogP contribution in [0.5, 0.6) is 11.5 Å². The molecule has 0 bridgehead atoms. The molecule has 6 heteroatoms. The summed E-state index contributed by atoms with van der Waals surface area (Å²) >= 11 is 0. The summed E-state index contributed by atoms with van der Waals surface area (Å²) in [6, 6.07) is 12.8. The lowest BCUT2D eigenvalue weighted by Crippen LogP contribution is -2.50. The van der Waals surface area contributed by atoms with Crippen LogP contribution in [0.4, 0.5) is 0 Å². The molecule has 2 amide bonds. The van der Waals surface area contributed by atoms with E-state index in [0.717, 1.165) is 11.1 Å². The molecule has 2 aromatic rings. The van der Waals surface area contributed by atoms with Gasteiger partial charge in [0.2, 0.25) is 6.79 Å². The zero-order chi connectivity index (χ0) is 18.1. The molecule has 2 aliphatic heterocycles. The van der Waals surface area contributed by atoms with Crippen molar-refractivity contribution in [1.29, 1.82) is 0 Å². The first-order chi connectivity index (χ1) is 12.6. The smallest absolute Gasteiger partial charge is 0.254 e. The zero-order valence-electron chi connectivity index (χ0n) is 14.6. The molecule has 0 atom stereocenters. The van der Waals surface area contributed by atoms with E-state index in [9.17, 15) is 9.59 Å². The molecule has 6 nitrogen and oxygen atoms in total. The van der Waals surface area contributed by atoms with Crippen LogP contribution in [0.1, 0.15) is 26.3 Å². The summed E-state index contributed by atoms with van der Waals surface area (Å²) in [4.78, 5) is 29.0. The Morgan fingerprint density at radius 3 is 2.23 bits per heavy atom. The maximum absolute atomic E-state index is 12.7. The molecule has 2 aromatic carbocycles. The van der Waals surface area contributed by atoms with Gasteiger partial charge in [0.25, 0.3) is 11.8 Å². The van der Waals surface area contributed by atoms with Crippen molar-refractivity contribution in [2.45, 2.75) is 6.92 Å². The van der Waals surface area contributed by atoms with Crippen molar-refractivity contribution in [1.82, 2.24) is 9.80 Å². The summed E-state index contributed by atoms with van der Waals surface area (Å²) in [5.41, 5.74) is 2.27. The lowest BCUT2D eigenvalue weighted by atomic mass is 10.1. The summed E-state index contributed by atoms with van der Waals surface area (Å²) in [6.07, 6.45) is 0. The number of nitrogens with zero attached hydrogens (tertiary/aromatic N) is 2. The SMILES string of the molecule is Cc1ccccc1C(=O)N1CCN(C(=O)c2ccc3c(c2)OCO3)CC1. The normalized spacial score (nSPS) is 15.9. The van der Waals surface area contributed by atoms with Crippen LogP contribution in [-0.4, -0.2) is 54.6 Å². The van der Waals surface area contributed by atoms with Crippen LogP contribution in [-0.2, 0) is 0 Å². The molecular formula is C20H20N2O4. The average molecular weight is 352 g/mol. The Morgan fingerprint density at radius 1 is 0.846 bits per heavy atom. The third-order valence-corrected chi connectivity index (χ3v) is 4.85. The Balaban J connectivity index is 1.41. The van der Waals surface area contributed by atoms with Gasteiger partial charge in [0.1, 0.15) is 0 Å². The molecule has 0 aliphatic carbocycles. The third kappa shape index (κ3) is 2.98. The average Bonchev–Trinajstić information content (AvgIpc) is 3.15. The van der Waals surface area contributed by atoms with Crippen molar-refractivity contribution in [3.8, 4) is 11.5 Å². The van der Waals surface area contributed by atoms with Gasteiger partial charge in [-0.2, -0.15) is 0 Å². The van der Waals surface area contributed by atoms with Gasteiger partial charge in [-0.05, 0) is 36.8 Å². The van der Waals surface area contributed by atoms with E-state index in [1.54, 1.807) is 23.1 Å². The van der Waals surface area contributed by atoms with E-state index >= 15 is 0 Å². The Morgan fingerprint density at radius 2 is 1.50 bits per heavy atom. The molecule has 4 rings (SSSR count). The molecule has 1 saturated heterocycles. The van der Waals surface area contributed by atoms with Gasteiger partial charge in [-0.3, -0.25) is 9.59 Å². The molecule has 1 fully saturated rings. The number of carbonyl (C=O) groups is 2. The quantitative estimate of drug-likeness (QED) is 0.832. The molecule has 2 aliphatic rings. The summed E-state index contributed by atoms with van der Waals surface area (Å²) in [7, 11) is 0. The van der Waals surface area contributed by atoms with Gasteiger partial charge in [0.15, 0.2) is 11.5 Å². The number of piperazine rings is 1. The predicted molar refractivity (Wildman–Crippen MR) is 95.6 cm³/mol. The molecule has 2 heterocycles. The van der Waals surface area contributed by atoms with E-state index < -0.39 is 0 Å². The van der Waals surface area contributed by atoms with Crippen molar-refractivity contribution < 1.29 is 19.1 Å². The predicted octanol–water partition coefficient (Wildman–Crippen LogP) is 2.32. The number of amides is 2. The molecule has 0 radical (unpaired) electrons. The summed E-state index contributed by atoms with van der Waals surface area (Å²) in [6.45, 7) is 4.22. The molecule has 26 heavy (non-hydrogen) atoms. The third-order valence-electron chi connectivity index (χ3n) is 4.85. The van der Waals surface area contributed by atoms with Gasteiger partial charge in [-0.15, -0.1) is 0 Å². The topological polar surface area (TPSA) is 59.1 Å². The van der Waals surface area contributed by atoms with Crippen LogP contribution in [0.3, 0.4) is 0 Å². The fraction of sp³-hybridized carbons (Fsp3) is 0.300. The van der Waals surface area contributed by atoms with E-state index in [1.165, 1.54) is 0 Å². The van der Waals surface area contributed by atoms with Gasteiger partial charge in [-0.1, -0.05) is 18.2 Å². The van der Waals surface area contributed by atoms with Crippen molar-refractivity contribution in [3.05, 3.63) is 59.2 Å². The van der Waals surface area contributed by atoms with Crippen LogP contribution in [0.2, 0.25) is 0 Å². The highest BCUT2D eigenvalue weighted by atomic mass is 16.7. The van der Waals surface area contributed by atoms with Crippen molar-refractivity contribution >= 4 is 11.8 Å². The van der Waals surface area contributed by atoms with Crippen LogP contribution in [0.25, 0.3) is 0 Å². The lowest BCUT2D eigenvalue weighted by Gasteiger charge is -2.35. The number of carbonyl (C=O) groups excluding carboxylic acids is 2. The minimum Gasteiger partial charge on any atom is -0.454 e. The van der Waals surface area contributed by atoms with Gasteiger partial charge in [0, 0.05) is 37.3 Å². The monoisotopic (exact) mass is 352 g/mol. The molecular weight excluding hydrogens is 332 g/mol. The lowest BCUT2D eigenvalue weighted by molar-refractivity contribution is 0.0535. The first-order valence-corrected chi connectivity index (χ1v) is 8.67. The number of hydrogen-bond donors (Lipinski definition) is 0. The number of fused-ring (bicyclic) bond motifs is 1. The van der Waals surface area contributed by atoms with Crippen molar-refractivity contribution in [2.24, 2.45) is 0 Å². The minimum atomic E-state index is -0.0497. The Hall–Kier alpha value is -3.02. The highest BCUT2D eigenvalue weighted by Crippen LogP contribution is 2.32. The van der Waals surface area contributed by atoms with Crippen molar-refractivity contribution in [3.63, 3.8) is 0 Å². The molecule has 134 valence electrons. The summed E-state index contributed by atoms with van der Waals surface area (Å²) < 4.78 is 10.6. The summed E-state index contributed by atoms with van der Waals surface area (Å²) in [5, 5.41) is 0. The Bertz CT molecular complexity index is 857. The van der Waals surface area contributed by atoms with E-state index in [2.05, 4.69) is 0 Å². The number of benzene rings is 2. The first kappa shape index (κ1) is 16.4. The number of aryl methyl sites for hydroxylation is 1. The second-order valence-corrected chi connectivity index (χ2v) is 6.47. The minimum absolute atomic E-state index is 0.0262. The number of hydrogen-bond acceptors (Lipinski definition) is 4. The summed E-state index contributed by atoms with van der Waals surface area (Å²) in [5.74, 6) is 1.24. The van der Waals surface area contributed by atoms with E-state index in [1.807, 2.05) is 36.1 Å². The second-order valence-electron chi connectivity index (χ2n) is 6.47. The van der Waals surface area contributed by atoms with Crippen LogP contribution >= 0.6 is 0 Å². The van der Waals surface area contributed by atoms with Gasteiger partial charge >= 0.3 is 0 Å².